The Balaban J connectivity index is 2.36. The van der Waals surface area contributed by atoms with Crippen molar-refractivity contribution in [1.82, 2.24) is 0 Å². The monoisotopic (exact) mass is 148 g/mol. The number of hydrogen-bond acceptors (Lipinski definition) is 2. The molecular weight excluding hydrogens is 135 g/mol. The van der Waals surface area contributed by atoms with Gasteiger partial charge in [-0.2, -0.15) is 0 Å². The van der Waals surface area contributed by atoms with Crippen molar-refractivity contribution in [2.45, 2.75) is 26.2 Å². The van der Waals surface area contributed by atoms with E-state index in [2.05, 4.69) is 0 Å². The van der Waals surface area contributed by atoms with E-state index in [-0.39, 0.29) is 25.0 Å². The third-order valence-electron chi connectivity index (χ3n) is 1.81. The fourth-order valence-electron chi connectivity index (χ4n) is 1.02. The molecule has 3 unspecified atom stereocenters. The van der Waals surface area contributed by atoms with Crippen LogP contribution >= 0.6 is 0 Å². The van der Waals surface area contributed by atoms with Crippen LogP contribution in [0.5, 0.6) is 0 Å². The molecule has 1 heterocycles. The molecule has 3 atom stereocenters. The second-order valence-corrected chi connectivity index (χ2v) is 2.66. The van der Waals surface area contributed by atoms with Crippen LogP contribution < -0.4 is 0 Å². The second kappa shape index (κ2) is 3.30. The Morgan fingerprint density at radius 3 is 2.70 bits per heavy atom. The molecule has 1 saturated heterocycles. The maximum atomic E-state index is 12.1. The van der Waals surface area contributed by atoms with Gasteiger partial charge in [-0.3, -0.25) is 4.39 Å². The summed E-state index contributed by atoms with van der Waals surface area (Å²) in [6, 6.07) is 0. The quantitative estimate of drug-likeness (QED) is 0.559. The molecule has 0 amide bonds. The summed E-state index contributed by atoms with van der Waals surface area (Å²) in [6.45, 7) is 3.83. The van der Waals surface area contributed by atoms with Gasteiger partial charge in [0.25, 0.3) is 0 Å². The summed E-state index contributed by atoms with van der Waals surface area (Å²) >= 11 is 0. The van der Waals surface area contributed by atoms with Crippen molar-refractivity contribution < 1.29 is 13.9 Å². The van der Waals surface area contributed by atoms with E-state index in [4.69, 9.17) is 9.47 Å². The Kier molecular flexibility index (Phi) is 2.63. The first-order chi connectivity index (χ1) is 4.74. The predicted molar refractivity (Wildman–Crippen MR) is 35.4 cm³/mol. The highest BCUT2D eigenvalue weighted by atomic mass is 19.1. The first kappa shape index (κ1) is 7.95. The van der Waals surface area contributed by atoms with Crippen molar-refractivity contribution >= 4 is 0 Å². The molecule has 1 aliphatic rings. The van der Waals surface area contributed by atoms with E-state index in [1.54, 1.807) is 0 Å². The number of alkyl halides is 1. The van der Waals surface area contributed by atoms with Crippen LogP contribution in [0, 0.1) is 5.92 Å². The summed E-state index contributed by atoms with van der Waals surface area (Å²) < 4.78 is 22.4. The smallest absolute Gasteiger partial charge is 0.155 e. The van der Waals surface area contributed by atoms with Gasteiger partial charge in [-0.15, -0.1) is 0 Å². The SMILES string of the molecule is CC1OCC(CF)C(C)O1. The molecule has 60 valence electrons. The zero-order chi connectivity index (χ0) is 7.56. The Hall–Kier alpha value is -0.150. The molecule has 10 heavy (non-hydrogen) atoms. The molecule has 0 spiro atoms. The molecule has 0 aliphatic carbocycles. The third-order valence-corrected chi connectivity index (χ3v) is 1.81. The Morgan fingerprint density at radius 2 is 2.20 bits per heavy atom. The van der Waals surface area contributed by atoms with Crippen LogP contribution in [0.25, 0.3) is 0 Å². The van der Waals surface area contributed by atoms with Gasteiger partial charge in [0, 0.05) is 5.92 Å². The Labute approximate surface area is 60.3 Å². The average Bonchev–Trinajstić information content (AvgIpc) is 1.88. The normalized spacial score (nSPS) is 41.7. The molecular formula is C7H13FO2. The average molecular weight is 148 g/mol. The van der Waals surface area contributed by atoms with Gasteiger partial charge in [0.1, 0.15) is 0 Å². The van der Waals surface area contributed by atoms with Gasteiger partial charge in [-0.05, 0) is 13.8 Å². The number of rotatable bonds is 1. The predicted octanol–water partition coefficient (Wildman–Crippen LogP) is 1.35. The van der Waals surface area contributed by atoms with Crippen LogP contribution in [0.2, 0.25) is 0 Å². The van der Waals surface area contributed by atoms with Crippen LogP contribution in [0.15, 0.2) is 0 Å². The van der Waals surface area contributed by atoms with Crippen molar-refractivity contribution in [2.75, 3.05) is 13.3 Å². The van der Waals surface area contributed by atoms with E-state index in [9.17, 15) is 4.39 Å². The summed E-state index contributed by atoms with van der Waals surface area (Å²) in [5.74, 6) is -0.0730. The van der Waals surface area contributed by atoms with Gasteiger partial charge in [-0.25, -0.2) is 0 Å². The van der Waals surface area contributed by atoms with Gasteiger partial charge >= 0.3 is 0 Å². The summed E-state index contributed by atoms with van der Waals surface area (Å²) in [4.78, 5) is 0. The maximum Gasteiger partial charge on any atom is 0.155 e. The molecule has 0 radical (unpaired) electrons. The highest BCUT2D eigenvalue weighted by molar-refractivity contribution is 4.68. The van der Waals surface area contributed by atoms with E-state index in [1.165, 1.54) is 0 Å². The molecule has 1 fully saturated rings. The molecule has 0 aromatic carbocycles. The highest BCUT2D eigenvalue weighted by Gasteiger charge is 2.25. The highest BCUT2D eigenvalue weighted by Crippen LogP contribution is 2.18. The molecule has 2 nitrogen and oxygen atoms in total. The first-order valence-corrected chi connectivity index (χ1v) is 3.57. The van der Waals surface area contributed by atoms with E-state index >= 15 is 0 Å². The third kappa shape index (κ3) is 1.67. The van der Waals surface area contributed by atoms with Crippen molar-refractivity contribution in [3.63, 3.8) is 0 Å². The van der Waals surface area contributed by atoms with Gasteiger partial charge in [-0.1, -0.05) is 0 Å². The minimum atomic E-state index is -0.353. The van der Waals surface area contributed by atoms with Gasteiger partial charge < -0.3 is 9.47 Å². The molecule has 0 aromatic heterocycles. The van der Waals surface area contributed by atoms with E-state index in [1.807, 2.05) is 13.8 Å². The molecule has 0 saturated carbocycles. The molecule has 1 aliphatic heterocycles. The zero-order valence-electron chi connectivity index (χ0n) is 6.34. The van der Waals surface area contributed by atoms with Gasteiger partial charge in [0.15, 0.2) is 6.29 Å². The lowest BCUT2D eigenvalue weighted by Gasteiger charge is -2.31. The van der Waals surface area contributed by atoms with Crippen LogP contribution in [0.1, 0.15) is 13.8 Å². The van der Waals surface area contributed by atoms with Crippen LogP contribution in [0.3, 0.4) is 0 Å². The van der Waals surface area contributed by atoms with Crippen molar-refractivity contribution in [1.29, 1.82) is 0 Å². The topological polar surface area (TPSA) is 18.5 Å². The van der Waals surface area contributed by atoms with E-state index in [0.717, 1.165) is 0 Å². The maximum absolute atomic E-state index is 12.1. The second-order valence-electron chi connectivity index (χ2n) is 2.66. The fraction of sp³-hybridized carbons (Fsp3) is 1.00. The van der Waals surface area contributed by atoms with Crippen LogP contribution in [-0.2, 0) is 9.47 Å². The summed E-state index contributed by atoms with van der Waals surface area (Å²) in [6.07, 6.45) is -0.174. The number of ether oxygens (including phenoxy) is 2. The number of hydrogen-bond donors (Lipinski definition) is 0. The fourth-order valence-corrected chi connectivity index (χ4v) is 1.02. The van der Waals surface area contributed by atoms with Crippen molar-refractivity contribution in [3.05, 3.63) is 0 Å². The van der Waals surface area contributed by atoms with Crippen molar-refractivity contribution in [2.24, 2.45) is 5.92 Å². The summed E-state index contributed by atoms with van der Waals surface area (Å²) in [7, 11) is 0. The lowest BCUT2D eigenvalue weighted by Crippen LogP contribution is -2.37. The molecule has 0 bridgehead atoms. The lowest BCUT2D eigenvalue weighted by atomic mass is 10.1. The molecule has 0 aromatic rings. The summed E-state index contributed by atoms with van der Waals surface area (Å²) in [5.41, 5.74) is 0. The molecule has 1 rings (SSSR count). The molecule has 3 heteroatoms. The Morgan fingerprint density at radius 1 is 1.50 bits per heavy atom. The first-order valence-electron chi connectivity index (χ1n) is 3.57. The van der Waals surface area contributed by atoms with Gasteiger partial charge in [0.2, 0.25) is 0 Å². The largest absolute Gasteiger partial charge is 0.352 e. The number of halogens is 1. The molecule has 0 N–H and O–H groups in total. The van der Waals surface area contributed by atoms with Gasteiger partial charge in [0.05, 0.1) is 19.4 Å². The summed E-state index contributed by atoms with van der Waals surface area (Å²) in [5, 5.41) is 0. The minimum absolute atomic E-state index is 0.00579. The Bertz CT molecular complexity index is 108. The van der Waals surface area contributed by atoms with E-state index in [0.29, 0.717) is 6.61 Å². The van der Waals surface area contributed by atoms with Crippen LogP contribution in [0.4, 0.5) is 4.39 Å². The van der Waals surface area contributed by atoms with E-state index < -0.39 is 0 Å². The zero-order valence-corrected chi connectivity index (χ0v) is 6.34. The lowest BCUT2D eigenvalue weighted by molar-refractivity contribution is -0.224. The van der Waals surface area contributed by atoms with Crippen LogP contribution in [-0.4, -0.2) is 25.7 Å². The standard InChI is InChI=1S/C7H13FO2/c1-5-7(3-8)4-9-6(2)10-5/h5-7H,3-4H2,1-2H3. The minimum Gasteiger partial charge on any atom is -0.352 e. The van der Waals surface area contributed by atoms with Crippen molar-refractivity contribution in [3.8, 4) is 0 Å².